The maximum Gasteiger partial charge on any atom is 0.251 e. The van der Waals surface area contributed by atoms with Crippen LogP contribution < -0.4 is 10.6 Å². The molecule has 1 heterocycles. The van der Waals surface area contributed by atoms with Gasteiger partial charge >= 0.3 is 0 Å². The number of nitrogens with zero attached hydrogens (tertiary/aromatic N) is 1. The number of piperidine rings is 1. The fourth-order valence-electron chi connectivity index (χ4n) is 4.30. The van der Waals surface area contributed by atoms with Gasteiger partial charge in [0.2, 0.25) is 11.8 Å². The highest BCUT2D eigenvalue weighted by atomic mass is 16.2. The van der Waals surface area contributed by atoms with Gasteiger partial charge in [0.1, 0.15) is 6.04 Å². The van der Waals surface area contributed by atoms with Crippen LogP contribution in [0.2, 0.25) is 0 Å². The van der Waals surface area contributed by atoms with E-state index in [4.69, 9.17) is 0 Å². The van der Waals surface area contributed by atoms with Crippen molar-refractivity contribution in [3.05, 3.63) is 71.3 Å². The third-order valence-electron chi connectivity index (χ3n) is 6.23. The Bertz CT molecular complexity index is 937. The first-order chi connectivity index (χ1) is 16.0. The highest BCUT2D eigenvalue weighted by Gasteiger charge is 2.33. The van der Waals surface area contributed by atoms with E-state index in [2.05, 4.69) is 10.6 Å². The van der Waals surface area contributed by atoms with Crippen LogP contribution in [0.25, 0.3) is 0 Å². The van der Waals surface area contributed by atoms with Crippen molar-refractivity contribution in [3.63, 3.8) is 0 Å². The molecule has 0 aromatic heterocycles. The Balaban J connectivity index is 1.59. The molecule has 1 aliphatic heterocycles. The molecule has 176 valence electrons. The molecule has 0 spiro atoms. The molecule has 0 saturated carbocycles. The summed E-state index contributed by atoms with van der Waals surface area (Å²) in [5, 5.41) is 5.91. The van der Waals surface area contributed by atoms with Gasteiger partial charge in [-0.3, -0.25) is 14.4 Å². The molecule has 1 aliphatic rings. The predicted octanol–water partition coefficient (Wildman–Crippen LogP) is 3.49. The predicted molar refractivity (Wildman–Crippen MR) is 130 cm³/mol. The van der Waals surface area contributed by atoms with E-state index in [0.717, 1.165) is 24.0 Å². The maximum atomic E-state index is 12.9. The smallest absolute Gasteiger partial charge is 0.251 e. The SMILES string of the molecule is CCCNC(=O)[C@@H](NC(=O)c1cccc(C)c1)C1CCN(C(=O)CCc2ccccc2)CC1. The Morgan fingerprint density at radius 3 is 2.42 bits per heavy atom. The zero-order valence-electron chi connectivity index (χ0n) is 19.7. The average Bonchev–Trinajstić information content (AvgIpc) is 2.85. The molecule has 3 amide bonds. The van der Waals surface area contributed by atoms with Crippen LogP contribution in [0.15, 0.2) is 54.6 Å². The van der Waals surface area contributed by atoms with Crippen molar-refractivity contribution < 1.29 is 14.4 Å². The molecule has 2 aromatic carbocycles. The molecule has 6 heteroatoms. The van der Waals surface area contributed by atoms with Gasteiger partial charge < -0.3 is 15.5 Å². The van der Waals surface area contributed by atoms with Gasteiger partial charge in [0.05, 0.1) is 0 Å². The Morgan fingerprint density at radius 2 is 1.76 bits per heavy atom. The second-order valence-electron chi connectivity index (χ2n) is 8.82. The first-order valence-electron chi connectivity index (χ1n) is 11.9. The summed E-state index contributed by atoms with van der Waals surface area (Å²) >= 11 is 0. The van der Waals surface area contributed by atoms with E-state index < -0.39 is 6.04 Å². The van der Waals surface area contributed by atoms with Crippen molar-refractivity contribution in [1.82, 2.24) is 15.5 Å². The molecule has 2 N–H and O–H groups in total. The van der Waals surface area contributed by atoms with Crippen molar-refractivity contribution in [3.8, 4) is 0 Å². The molecule has 0 bridgehead atoms. The van der Waals surface area contributed by atoms with Crippen LogP contribution in [-0.2, 0) is 16.0 Å². The number of hydrogen-bond donors (Lipinski definition) is 2. The fraction of sp³-hybridized carbons (Fsp3) is 0.444. The number of carbonyl (C=O) groups excluding carboxylic acids is 3. The molecular weight excluding hydrogens is 414 g/mol. The Kier molecular flexibility index (Phi) is 9.04. The van der Waals surface area contributed by atoms with Gasteiger partial charge in [-0.05, 0) is 56.2 Å². The average molecular weight is 450 g/mol. The Morgan fingerprint density at radius 1 is 1.03 bits per heavy atom. The summed E-state index contributed by atoms with van der Waals surface area (Å²) in [7, 11) is 0. The number of nitrogens with one attached hydrogen (secondary N) is 2. The van der Waals surface area contributed by atoms with E-state index in [1.807, 2.05) is 67.3 Å². The van der Waals surface area contributed by atoms with Gasteiger partial charge in [-0.2, -0.15) is 0 Å². The van der Waals surface area contributed by atoms with Gasteiger partial charge in [0.15, 0.2) is 0 Å². The standard InChI is InChI=1S/C27H35N3O3/c1-3-16-28-27(33)25(29-26(32)23-11-7-8-20(2)19-23)22-14-17-30(18-15-22)24(31)13-12-21-9-5-4-6-10-21/h4-11,19,22,25H,3,12-18H2,1-2H3,(H,28,33)(H,29,32)/t25-/m0/s1. The second-order valence-corrected chi connectivity index (χ2v) is 8.82. The monoisotopic (exact) mass is 449 g/mol. The van der Waals surface area contributed by atoms with Gasteiger partial charge in [-0.1, -0.05) is 55.0 Å². The van der Waals surface area contributed by atoms with Crippen LogP contribution in [0.5, 0.6) is 0 Å². The van der Waals surface area contributed by atoms with E-state index in [0.29, 0.717) is 44.5 Å². The van der Waals surface area contributed by atoms with Crippen LogP contribution >= 0.6 is 0 Å². The number of rotatable bonds is 9. The zero-order valence-corrected chi connectivity index (χ0v) is 19.7. The molecule has 0 radical (unpaired) electrons. The Hall–Kier alpha value is -3.15. The first kappa shape index (κ1) is 24.5. The normalized spacial score (nSPS) is 15.0. The first-order valence-corrected chi connectivity index (χ1v) is 11.9. The van der Waals surface area contributed by atoms with Crippen LogP contribution in [0, 0.1) is 12.8 Å². The molecular formula is C27H35N3O3. The molecule has 0 unspecified atom stereocenters. The summed E-state index contributed by atoms with van der Waals surface area (Å²) in [6, 6.07) is 16.8. The quantitative estimate of drug-likeness (QED) is 0.615. The third kappa shape index (κ3) is 7.17. The molecule has 0 aliphatic carbocycles. The van der Waals surface area contributed by atoms with E-state index in [1.54, 1.807) is 6.07 Å². The summed E-state index contributed by atoms with van der Waals surface area (Å²) in [6.45, 7) is 5.73. The maximum absolute atomic E-state index is 12.9. The van der Waals surface area contributed by atoms with Crippen molar-refractivity contribution >= 4 is 17.7 Å². The summed E-state index contributed by atoms with van der Waals surface area (Å²) < 4.78 is 0. The van der Waals surface area contributed by atoms with E-state index in [9.17, 15) is 14.4 Å². The second kappa shape index (κ2) is 12.2. The molecule has 33 heavy (non-hydrogen) atoms. The largest absolute Gasteiger partial charge is 0.354 e. The molecule has 1 saturated heterocycles. The lowest BCUT2D eigenvalue weighted by Crippen LogP contribution is -2.54. The van der Waals surface area contributed by atoms with E-state index in [1.165, 1.54) is 0 Å². The zero-order chi connectivity index (χ0) is 23.6. The van der Waals surface area contributed by atoms with E-state index in [-0.39, 0.29) is 23.6 Å². The van der Waals surface area contributed by atoms with Crippen molar-refractivity contribution in [2.45, 2.75) is 52.0 Å². The lowest BCUT2D eigenvalue weighted by Gasteiger charge is -2.36. The van der Waals surface area contributed by atoms with Crippen molar-refractivity contribution in [2.24, 2.45) is 5.92 Å². The van der Waals surface area contributed by atoms with Gasteiger partial charge in [0, 0.05) is 31.6 Å². The molecule has 1 fully saturated rings. The van der Waals surface area contributed by atoms with Crippen LogP contribution in [0.4, 0.5) is 0 Å². The number of likely N-dealkylation sites (tertiary alicyclic amines) is 1. The van der Waals surface area contributed by atoms with Crippen LogP contribution in [-0.4, -0.2) is 48.3 Å². The van der Waals surface area contributed by atoms with Gasteiger partial charge in [0.25, 0.3) is 5.91 Å². The molecule has 1 atom stereocenters. The van der Waals surface area contributed by atoms with E-state index >= 15 is 0 Å². The van der Waals surface area contributed by atoms with Gasteiger partial charge in [-0.15, -0.1) is 0 Å². The number of amides is 3. The molecule has 3 rings (SSSR count). The Labute approximate surface area is 196 Å². The number of hydrogen-bond acceptors (Lipinski definition) is 3. The topological polar surface area (TPSA) is 78.5 Å². The van der Waals surface area contributed by atoms with Crippen molar-refractivity contribution in [2.75, 3.05) is 19.6 Å². The summed E-state index contributed by atoms with van der Waals surface area (Å²) in [5.74, 6) is -0.245. The third-order valence-corrected chi connectivity index (χ3v) is 6.23. The molecule has 6 nitrogen and oxygen atoms in total. The summed E-state index contributed by atoms with van der Waals surface area (Å²) in [4.78, 5) is 40.4. The molecule has 2 aromatic rings. The summed E-state index contributed by atoms with van der Waals surface area (Å²) in [6.07, 6.45) is 3.43. The lowest BCUT2D eigenvalue weighted by molar-refractivity contribution is -0.133. The number of aryl methyl sites for hydroxylation is 2. The van der Waals surface area contributed by atoms with Crippen LogP contribution in [0.1, 0.15) is 54.1 Å². The van der Waals surface area contributed by atoms with Crippen LogP contribution in [0.3, 0.4) is 0 Å². The fourth-order valence-corrected chi connectivity index (χ4v) is 4.30. The number of benzene rings is 2. The highest BCUT2D eigenvalue weighted by Crippen LogP contribution is 2.22. The highest BCUT2D eigenvalue weighted by molar-refractivity contribution is 5.97. The lowest BCUT2D eigenvalue weighted by atomic mass is 9.88. The number of carbonyl (C=O) groups is 3. The van der Waals surface area contributed by atoms with Crippen molar-refractivity contribution in [1.29, 1.82) is 0 Å². The summed E-state index contributed by atoms with van der Waals surface area (Å²) in [5.41, 5.74) is 2.71. The minimum atomic E-state index is -0.605. The minimum Gasteiger partial charge on any atom is -0.354 e. The minimum absolute atomic E-state index is 0.00575. The van der Waals surface area contributed by atoms with Gasteiger partial charge in [-0.25, -0.2) is 0 Å².